The number of carbonyl (C=O) groups excluding carboxylic acids is 1. The van der Waals surface area contributed by atoms with Gasteiger partial charge in [-0.2, -0.15) is 0 Å². The molecule has 2 aromatic carbocycles. The molecule has 0 aliphatic heterocycles. The van der Waals surface area contributed by atoms with Crippen molar-refractivity contribution in [1.82, 2.24) is 5.32 Å². The van der Waals surface area contributed by atoms with E-state index in [9.17, 15) is 13.2 Å². The van der Waals surface area contributed by atoms with Gasteiger partial charge in [-0.15, -0.1) is 0 Å². The van der Waals surface area contributed by atoms with Crippen molar-refractivity contribution < 1.29 is 13.2 Å². The highest BCUT2D eigenvalue weighted by Gasteiger charge is 2.31. The first-order valence-corrected chi connectivity index (χ1v) is 11.8. The Morgan fingerprint density at radius 3 is 2.21 bits per heavy atom. The van der Waals surface area contributed by atoms with Crippen molar-refractivity contribution in [2.75, 3.05) is 10.6 Å². The zero-order valence-electron chi connectivity index (χ0n) is 18.1. The van der Waals surface area contributed by atoms with Crippen molar-refractivity contribution in [2.45, 2.75) is 53.1 Å². The second-order valence-electron chi connectivity index (χ2n) is 8.13. The standard InChI is InChI=1S/C23H32N2O3S/c1-16(2)14-21(20-10-8-7-9-11-20)24-23(26)19(5)25(29(6,27)28)22-15-17(3)12-13-18(22)4/h7-13,15-16,19,21H,14H2,1-6H3,(H,24,26)/t19-,21+/m0/s1. The predicted molar refractivity (Wildman–Crippen MR) is 119 cm³/mol. The second-order valence-corrected chi connectivity index (χ2v) is 9.99. The number of hydrogen-bond acceptors (Lipinski definition) is 3. The van der Waals surface area contributed by atoms with Crippen molar-refractivity contribution >= 4 is 21.6 Å². The number of anilines is 1. The van der Waals surface area contributed by atoms with Crippen molar-refractivity contribution in [3.05, 3.63) is 65.2 Å². The highest BCUT2D eigenvalue weighted by molar-refractivity contribution is 7.92. The van der Waals surface area contributed by atoms with E-state index in [0.29, 0.717) is 11.6 Å². The van der Waals surface area contributed by atoms with E-state index >= 15 is 0 Å². The third-order valence-electron chi connectivity index (χ3n) is 4.92. The summed E-state index contributed by atoms with van der Waals surface area (Å²) in [5.74, 6) is 0.0617. The van der Waals surface area contributed by atoms with Crippen LogP contribution in [0.25, 0.3) is 0 Å². The first-order chi connectivity index (χ1) is 13.5. The monoisotopic (exact) mass is 416 g/mol. The Morgan fingerprint density at radius 1 is 1.03 bits per heavy atom. The zero-order chi connectivity index (χ0) is 21.8. The zero-order valence-corrected chi connectivity index (χ0v) is 19.0. The van der Waals surface area contributed by atoms with Crippen LogP contribution in [0.3, 0.4) is 0 Å². The van der Waals surface area contributed by atoms with E-state index in [1.807, 2.05) is 62.4 Å². The molecule has 158 valence electrons. The van der Waals surface area contributed by atoms with E-state index < -0.39 is 16.1 Å². The van der Waals surface area contributed by atoms with Gasteiger partial charge >= 0.3 is 0 Å². The molecule has 1 amide bonds. The van der Waals surface area contributed by atoms with E-state index in [4.69, 9.17) is 0 Å². The molecule has 0 saturated carbocycles. The normalized spacial score (nSPS) is 13.8. The van der Waals surface area contributed by atoms with Gasteiger partial charge in [0.1, 0.15) is 6.04 Å². The first kappa shape index (κ1) is 22.9. The average Bonchev–Trinajstić information content (AvgIpc) is 2.63. The summed E-state index contributed by atoms with van der Waals surface area (Å²) in [5.41, 5.74) is 3.30. The molecule has 2 aromatic rings. The van der Waals surface area contributed by atoms with Gasteiger partial charge in [-0.25, -0.2) is 8.42 Å². The third-order valence-corrected chi connectivity index (χ3v) is 6.14. The molecule has 0 radical (unpaired) electrons. The van der Waals surface area contributed by atoms with E-state index in [1.165, 1.54) is 4.31 Å². The Kier molecular flexibility index (Phi) is 7.47. The van der Waals surface area contributed by atoms with E-state index in [2.05, 4.69) is 19.2 Å². The fraction of sp³-hybridized carbons (Fsp3) is 0.435. The molecule has 0 unspecified atom stereocenters. The molecule has 2 rings (SSSR count). The fourth-order valence-electron chi connectivity index (χ4n) is 3.47. The number of rotatable bonds is 8. The summed E-state index contributed by atoms with van der Waals surface area (Å²) in [6.45, 7) is 9.59. The minimum absolute atomic E-state index is 0.175. The molecule has 1 N–H and O–H groups in total. The van der Waals surface area contributed by atoms with Gasteiger partial charge in [0.15, 0.2) is 0 Å². The van der Waals surface area contributed by atoms with Crippen LogP contribution in [0.2, 0.25) is 0 Å². The number of nitrogens with zero attached hydrogens (tertiary/aromatic N) is 1. The summed E-state index contributed by atoms with van der Waals surface area (Å²) in [6, 6.07) is 14.4. The number of amides is 1. The van der Waals surface area contributed by atoms with Gasteiger partial charge in [0, 0.05) is 0 Å². The molecule has 0 bridgehead atoms. The van der Waals surface area contributed by atoms with E-state index in [-0.39, 0.29) is 11.9 Å². The summed E-state index contributed by atoms with van der Waals surface area (Å²) in [5, 5.41) is 3.08. The molecule has 0 aliphatic carbocycles. The molecule has 0 aliphatic rings. The van der Waals surface area contributed by atoms with Gasteiger partial charge < -0.3 is 5.32 Å². The number of sulfonamides is 1. The van der Waals surface area contributed by atoms with Crippen molar-refractivity contribution in [3.8, 4) is 0 Å². The van der Waals surface area contributed by atoms with Crippen LogP contribution >= 0.6 is 0 Å². The third kappa shape index (κ3) is 6.07. The molecule has 0 heterocycles. The Morgan fingerprint density at radius 2 is 1.66 bits per heavy atom. The van der Waals surface area contributed by atoms with E-state index in [1.54, 1.807) is 6.92 Å². The molecule has 0 aromatic heterocycles. The maximum atomic E-state index is 13.1. The Bertz CT molecular complexity index is 940. The minimum atomic E-state index is -3.65. The quantitative estimate of drug-likeness (QED) is 0.695. The maximum absolute atomic E-state index is 13.1. The molecule has 5 nitrogen and oxygen atoms in total. The summed E-state index contributed by atoms with van der Waals surface area (Å²) >= 11 is 0. The largest absolute Gasteiger partial charge is 0.347 e. The molecular weight excluding hydrogens is 384 g/mol. The number of hydrogen-bond donors (Lipinski definition) is 1. The fourth-order valence-corrected chi connectivity index (χ4v) is 4.69. The Labute approximate surface area is 175 Å². The number of benzene rings is 2. The van der Waals surface area contributed by atoms with Crippen LogP contribution in [-0.2, 0) is 14.8 Å². The van der Waals surface area contributed by atoms with Gasteiger partial charge in [0.05, 0.1) is 18.0 Å². The van der Waals surface area contributed by atoms with E-state index in [0.717, 1.165) is 29.4 Å². The lowest BCUT2D eigenvalue weighted by atomic mass is 9.96. The topological polar surface area (TPSA) is 66.5 Å². The lowest BCUT2D eigenvalue weighted by molar-refractivity contribution is -0.122. The van der Waals surface area contributed by atoms with Crippen LogP contribution in [0.5, 0.6) is 0 Å². The Hall–Kier alpha value is -2.34. The highest BCUT2D eigenvalue weighted by Crippen LogP contribution is 2.27. The van der Waals surface area contributed by atoms with Crippen LogP contribution < -0.4 is 9.62 Å². The summed E-state index contributed by atoms with van der Waals surface area (Å²) in [7, 11) is -3.65. The number of aryl methyl sites for hydroxylation is 2. The SMILES string of the molecule is Cc1ccc(C)c(N([C@@H](C)C(=O)N[C@H](CC(C)C)c2ccccc2)S(C)(=O)=O)c1. The minimum Gasteiger partial charge on any atom is -0.347 e. The van der Waals surface area contributed by atoms with Gasteiger partial charge in [-0.05, 0) is 55.9 Å². The number of carbonyl (C=O) groups is 1. The lowest BCUT2D eigenvalue weighted by Gasteiger charge is -2.31. The first-order valence-electron chi connectivity index (χ1n) is 9.92. The van der Waals surface area contributed by atoms with Gasteiger partial charge in [0.25, 0.3) is 0 Å². The molecule has 6 heteroatoms. The molecule has 2 atom stereocenters. The van der Waals surface area contributed by atoms with Gasteiger partial charge in [-0.1, -0.05) is 56.3 Å². The summed E-state index contributed by atoms with van der Waals surface area (Å²) in [6.07, 6.45) is 1.91. The Balaban J connectivity index is 2.36. The predicted octanol–water partition coefficient (Wildman–Crippen LogP) is 4.36. The summed E-state index contributed by atoms with van der Waals surface area (Å²) in [4.78, 5) is 13.1. The highest BCUT2D eigenvalue weighted by atomic mass is 32.2. The molecule has 0 saturated heterocycles. The van der Waals surface area contributed by atoms with Crippen LogP contribution in [0, 0.1) is 19.8 Å². The maximum Gasteiger partial charge on any atom is 0.244 e. The number of nitrogens with one attached hydrogen (secondary N) is 1. The van der Waals surface area contributed by atoms with Gasteiger partial charge in [-0.3, -0.25) is 9.10 Å². The van der Waals surface area contributed by atoms with Crippen LogP contribution in [0.4, 0.5) is 5.69 Å². The van der Waals surface area contributed by atoms with Crippen LogP contribution in [-0.4, -0.2) is 26.6 Å². The molecule has 0 fully saturated rings. The average molecular weight is 417 g/mol. The molecule has 29 heavy (non-hydrogen) atoms. The van der Waals surface area contributed by atoms with Crippen molar-refractivity contribution in [2.24, 2.45) is 5.92 Å². The molecule has 0 spiro atoms. The van der Waals surface area contributed by atoms with Crippen LogP contribution in [0.1, 0.15) is 49.9 Å². The van der Waals surface area contributed by atoms with Crippen molar-refractivity contribution in [1.29, 1.82) is 0 Å². The lowest BCUT2D eigenvalue weighted by Crippen LogP contribution is -2.49. The van der Waals surface area contributed by atoms with Crippen LogP contribution in [0.15, 0.2) is 48.5 Å². The van der Waals surface area contributed by atoms with Crippen molar-refractivity contribution in [3.63, 3.8) is 0 Å². The smallest absolute Gasteiger partial charge is 0.244 e. The van der Waals surface area contributed by atoms with Gasteiger partial charge in [0.2, 0.25) is 15.9 Å². The summed E-state index contributed by atoms with van der Waals surface area (Å²) < 4.78 is 26.5. The molecular formula is C23H32N2O3S. The second kappa shape index (κ2) is 9.44.